The average molecular weight is 339 g/mol. The first-order valence-corrected chi connectivity index (χ1v) is 8.31. The van der Waals surface area contributed by atoms with E-state index in [1.54, 1.807) is 0 Å². The van der Waals surface area contributed by atoms with E-state index in [0.717, 1.165) is 18.6 Å². The number of nitrogens with two attached hydrogens (primary N) is 1. The number of fused-ring (bicyclic) bond motifs is 2. The molecule has 0 spiro atoms. The summed E-state index contributed by atoms with van der Waals surface area (Å²) in [6.45, 7) is 4.54. The average Bonchev–Trinajstić information content (AvgIpc) is 3.08. The molecule has 1 aromatic carbocycles. The third-order valence-corrected chi connectivity index (χ3v) is 5.21. The zero-order valence-electron chi connectivity index (χ0n) is 13.8. The van der Waals surface area contributed by atoms with Gasteiger partial charge in [-0.3, -0.25) is 4.79 Å². The summed E-state index contributed by atoms with van der Waals surface area (Å²) in [7, 11) is 0. The van der Waals surface area contributed by atoms with E-state index in [1.165, 1.54) is 12.0 Å². The van der Waals surface area contributed by atoms with Crippen molar-refractivity contribution in [3.63, 3.8) is 0 Å². The summed E-state index contributed by atoms with van der Waals surface area (Å²) in [6.07, 6.45) is 3.43. The summed E-state index contributed by atoms with van der Waals surface area (Å²) in [5.41, 5.74) is 7.42. The van der Waals surface area contributed by atoms with Crippen molar-refractivity contribution in [2.75, 3.05) is 6.54 Å². The lowest BCUT2D eigenvalue weighted by molar-refractivity contribution is -0.127. The molecule has 2 aliphatic carbocycles. The lowest BCUT2D eigenvalue weighted by Gasteiger charge is -2.27. The topological polar surface area (TPSA) is 64.3 Å². The molecule has 3 N–H and O–H groups in total. The summed E-state index contributed by atoms with van der Waals surface area (Å²) < 4.78 is 5.83. The molecule has 5 atom stereocenters. The minimum absolute atomic E-state index is 0. The summed E-state index contributed by atoms with van der Waals surface area (Å²) in [4.78, 5) is 12.4. The molecule has 0 aromatic heterocycles. The van der Waals surface area contributed by atoms with E-state index in [9.17, 15) is 4.79 Å². The minimum Gasteiger partial charge on any atom is -0.489 e. The Morgan fingerprint density at radius 3 is 2.57 bits per heavy atom. The molecule has 0 saturated heterocycles. The zero-order chi connectivity index (χ0) is 15.7. The number of hydrogen-bond acceptors (Lipinski definition) is 3. The van der Waals surface area contributed by atoms with Crippen LogP contribution in [0.15, 0.2) is 24.3 Å². The SMILES string of the molecule is Cc1ccc(OC(C)CNC(=O)C2C3CCC(C3)C2N)cc1.Cl. The molecule has 2 bridgehead atoms. The third-order valence-electron chi connectivity index (χ3n) is 5.21. The molecule has 5 unspecified atom stereocenters. The number of rotatable bonds is 5. The number of aryl methyl sites for hydroxylation is 1. The van der Waals surface area contributed by atoms with Gasteiger partial charge in [-0.15, -0.1) is 12.4 Å². The molecular formula is C18H27ClN2O2. The van der Waals surface area contributed by atoms with Crippen molar-refractivity contribution >= 4 is 18.3 Å². The van der Waals surface area contributed by atoms with E-state index in [0.29, 0.717) is 18.4 Å². The number of benzene rings is 1. The van der Waals surface area contributed by atoms with E-state index in [1.807, 2.05) is 38.1 Å². The maximum atomic E-state index is 12.4. The molecule has 1 amide bonds. The smallest absolute Gasteiger partial charge is 0.225 e. The number of carbonyl (C=O) groups is 1. The first kappa shape index (κ1) is 18.1. The quantitative estimate of drug-likeness (QED) is 0.867. The predicted octanol–water partition coefficient (Wildman–Crippen LogP) is 2.67. The molecule has 5 heteroatoms. The minimum atomic E-state index is -0.0542. The van der Waals surface area contributed by atoms with Crippen molar-refractivity contribution in [3.8, 4) is 5.75 Å². The van der Waals surface area contributed by atoms with Gasteiger partial charge in [0.1, 0.15) is 11.9 Å². The van der Waals surface area contributed by atoms with Crippen LogP contribution in [0.5, 0.6) is 5.75 Å². The normalized spacial score (nSPS) is 29.7. The number of carbonyl (C=O) groups excluding carboxylic acids is 1. The van der Waals surface area contributed by atoms with Gasteiger partial charge in [-0.25, -0.2) is 0 Å². The molecular weight excluding hydrogens is 312 g/mol. The highest BCUT2D eigenvalue weighted by Gasteiger charge is 2.48. The Balaban J connectivity index is 0.00000192. The van der Waals surface area contributed by atoms with Gasteiger partial charge >= 0.3 is 0 Å². The summed E-state index contributed by atoms with van der Waals surface area (Å²) >= 11 is 0. The van der Waals surface area contributed by atoms with Gasteiger partial charge in [-0.2, -0.15) is 0 Å². The first-order valence-electron chi connectivity index (χ1n) is 8.31. The van der Waals surface area contributed by atoms with Crippen LogP contribution in [0.3, 0.4) is 0 Å². The largest absolute Gasteiger partial charge is 0.489 e. The van der Waals surface area contributed by atoms with Gasteiger partial charge in [-0.05, 0) is 57.1 Å². The zero-order valence-corrected chi connectivity index (χ0v) is 14.6. The van der Waals surface area contributed by atoms with Crippen LogP contribution in [0.25, 0.3) is 0 Å². The maximum absolute atomic E-state index is 12.4. The van der Waals surface area contributed by atoms with E-state index in [2.05, 4.69) is 5.32 Å². The van der Waals surface area contributed by atoms with Crippen LogP contribution in [0, 0.1) is 24.7 Å². The maximum Gasteiger partial charge on any atom is 0.225 e. The fourth-order valence-corrected chi connectivity index (χ4v) is 3.98. The van der Waals surface area contributed by atoms with E-state index < -0.39 is 0 Å². The highest BCUT2D eigenvalue weighted by atomic mass is 35.5. The molecule has 2 aliphatic rings. The van der Waals surface area contributed by atoms with Crippen molar-refractivity contribution in [1.82, 2.24) is 5.32 Å². The van der Waals surface area contributed by atoms with E-state index in [4.69, 9.17) is 10.5 Å². The second-order valence-electron chi connectivity index (χ2n) is 6.92. The summed E-state index contributed by atoms with van der Waals surface area (Å²) in [5, 5.41) is 3.03. The Morgan fingerprint density at radius 2 is 1.96 bits per heavy atom. The van der Waals surface area contributed by atoms with Crippen molar-refractivity contribution in [3.05, 3.63) is 29.8 Å². The van der Waals surface area contributed by atoms with Gasteiger partial charge in [-0.1, -0.05) is 17.7 Å². The van der Waals surface area contributed by atoms with E-state index >= 15 is 0 Å². The molecule has 0 aliphatic heterocycles. The predicted molar refractivity (Wildman–Crippen MR) is 93.8 cm³/mol. The number of amides is 1. The second kappa shape index (κ2) is 7.54. The monoisotopic (exact) mass is 338 g/mol. The van der Waals surface area contributed by atoms with Crippen molar-refractivity contribution in [2.24, 2.45) is 23.5 Å². The van der Waals surface area contributed by atoms with Crippen LogP contribution >= 0.6 is 12.4 Å². The van der Waals surface area contributed by atoms with Crippen LogP contribution in [0.4, 0.5) is 0 Å². The summed E-state index contributed by atoms with van der Waals surface area (Å²) in [6, 6.07) is 8.01. The summed E-state index contributed by atoms with van der Waals surface area (Å²) in [5.74, 6) is 2.00. The van der Waals surface area contributed by atoms with Crippen LogP contribution < -0.4 is 15.8 Å². The fraction of sp³-hybridized carbons (Fsp3) is 0.611. The van der Waals surface area contributed by atoms with Gasteiger partial charge in [0.15, 0.2) is 0 Å². The van der Waals surface area contributed by atoms with Gasteiger partial charge < -0.3 is 15.8 Å². The molecule has 1 aromatic rings. The van der Waals surface area contributed by atoms with Crippen molar-refractivity contribution in [1.29, 1.82) is 0 Å². The molecule has 2 fully saturated rings. The van der Waals surface area contributed by atoms with E-state index in [-0.39, 0.29) is 36.4 Å². The number of hydrogen-bond donors (Lipinski definition) is 2. The fourth-order valence-electron chi connectivity index (χ4n) is 3.98. The Hall–Kier alpha value is -1.26. The van der Waals surface area contributed by atoms with Gasteiger partial charge in [0.05, 0.1) is 12.5 Å². The highest BCUT2D eigenvalue weighted by molar-refractivity contribution is 5.85. The third kappa shape index (κ3) is 3.99. The lowest BCUT2D eigenvalue weighted by Crippen LogP contribution is -2.47. The van der Waals surface area contributed by atoms with Crippen LogP contribution in [0.2, 0.25) is 0 Å². The first-order chi connectivity index (χ1) is 10.5. The molecule has 23 heavy (non-hydrogen) atoms. The Morgan fingerprint density at radius 1 is 1.30 bits per heavy atom. The van der Waals surface area contributed by atoms with Crippen LogP contribution in [0.1, 0.15) is 31.7 Å². The molecule has 3 rings (SSSR count). The van der Waals surface area contributed by atoms with Crippen LogP contribution in [-0.4, -0.2) is 24.6 Å². The molecule has 128 valence electrons. The molecule has 0 radical (unpaired) electrons. The number of halogens is 1. The van der Waals surface area contributed by atoms with Gasteiger partial charge in [0.2, 0.25) is 5.91 Å². The molecule has 4 nitrogen and oxygen atoms in total. The second-order valence-corrected chi connectivity index (χ2v) is 6.92. The Kier molecular flexibility index (Phi) is 5.93. The number of ether oxygens (including phenoxy) is 1. The van der Waals surface area contributed by atoms with Crippen LogP contribution in [-0.2, 0) is 4.79 Å². The lowest BCUT2D eigenvalue weighted by atomic mass is 9.84. The Labute approximate surface area is 144 Å². The molecule has 0 heterocycles. The van der Waals surface area contributed by atoms with Gasteiger partial charge in [0.25, 0.3) is 0 Å². The standard InChI is InChI=1S/C18H26N2O2.ClH/c1-11-3-7-15(8-4-11)22-12(2)10-20-18(21)16-13-5-6-14(9-13)17(16)19;/h3-4,7-8,12-14,16-17H,5-6,9-10,19H2,1-2H3,(H,20,21);1H. The van der Waals surface area contributed by atoms with Gasteiger partial charge in [0, 0.05) is 6.04 Å². The molecule has 2 saturated carbocycles. The Bertz CT molecular complexity index is 532. The van der Waals surface area contributed by atoms with Crippen molar-refractivity contribution in [2.45, 2.75) is 45.3 Å². The number of nitrogens with one attached hydrogen (secondary N) is 1. The van der Waals surface area contributed by atoms with Crippen molar-refractivity contribution < 1.29 is 9.53 Å². The highest BCUT2D eigenvalue weighted by Crippen LogP contribution is 2.47.